The third-order valence-electron chi connectivity index (χ3n) is 5.50. The Bertz CT molecular complexity index is 686. The van der Waals surface area contributed by atoms with E-state index in [0.717, 1.165) is 44.1 Å². The van der Waals surface area contributed by atoms with Crippen molar-refractivity contribution in [2.75, 3.05) is 26.2 Å². The molecular weight excluding hydrogens is 379 g/mol. The van der Waals surface area contributed by atoms with E-state index in [2.05, 4.69) is 4.90 Å². The third-order valence-corrected chi connectivity index (χ3v) is 5.50. The first-order valence-electron chi connectivity index (χ1n) is 10.1. The molecular formula is C21H29FN2O5. The summed E-state index contributed by atoms with van der Waals surface area (Å²) < 4.78 is 13.7. The number of aliphatic carboxylic acids is 2. The number of hydrogen-bond acceptors (Lipinski definition) is 4. The summed E-state index contributed by atoms with van der Waals surface area (Å²) in [5.74, 6) is -2.70. The van der Waals surface area contributed by atoms with Gasteiger partial charge in [0.1, 0.15) is 5.82 Å². The van der Waals surface area contributed by atoms with E-state index in [1.54, 1.807) is 6.07 Å². The first-order valence-corrected chi connectivity index (χ1v) is 10.1. The lowest BCUT2D eigenvalue weighted by Crippen LogP contribution is -2.48. The second kappa shape index (κ2) is 11.5. The molecule has 0 bridgehead atoms. The highest BCUT2D eigenvalue weighted by Gasteiger charge is 2.23. The Kier molecular flexibility index (Phi) is 9.05. The zero-order chi connectivity index (χ0) is 21.2. The Morgan fingerprint density at radius 2 is 1.55 bits per heavy atom. The van der Waals surface area contributed by atoms with E-state index in [-0.39, 0.29) is 5.82 Å². The number of carbonyl (C=O) groups is 3. The van der Waals surface area contributed by atoms with E-state index in [1.807, 2.05) is 17.0 Å². The molecule has 0 radical (unpaired) electrons. The second-order valence-electron chi connectivity index (χ2n) is 7.55. The SMILES string of the molecule is O=C(CCC1CCCC1)N1CCN(Cc2ccccc2F)CC1.O=C(O)C(=O)O. The van der Waals surface area contributed by atoms with E-state index in [9.17, 15) is 9.18 Å². The maximum atomic E-state index is 13.7. The van der Waals surface area contributed by atoms with Gasteiger partial charge in [0.25, 0.3) is 0 Å². The molecule has 0 aromatic heterocycles. The van der Waals surface area contributed by atoms with Gasteiger partial charge >= 0.3 is 11.9 Å². The molecule has 1 aliphatic carbocycles. The number of hydrogen-bond donors (Lipinski definition) is 2. The van der Waals surface area contributed by atoms with Gasteiger partial charge in [-0.1, -0.05) is 43.9 Å². The fourth-order valence-electron chi connectivity index (χ4n) is 3.81. The van der Waals surface area contributed by atoms with Gasteiger partial charge in [-0.2, -0.15) is 0 Å². The van der Waals surface area contributed by atoms with Crippen molar-refractivity contribution in [2.24, 2.45) is 5.92 Å². The van der Waals surface area contributed by atoms with Crippen LogP contribution in [0.15, 0.2) is 24.3 Å². The maximum Gasteiger partial charge on any atom is 0.414 e. The predicted octanol–water partition coefficient (Wildman–Crippen LogP) is 2.60. The first-order chi connectivity index (χ1) is 13.9. The van der Waals surface area contributed by atoms with Gasteiger partial charge in [0.15, 0.2) is 0 Å². The van der Waals surface area contributed by atoms with Gasteiger partial charge in [0, 0.05) is 44.7 Å². The van der Waals surface area contributed by atoms with E-state index in [4.69, 9.17) is 19.8 Å². The molecule has 1 amide bonds. The topological polar surface area (TPSA) is 98.2 Å². The van der Waals surface area contributed by atoms with Gasteiger partial charge in [-0.15, -0.1) is 0 Å². The fourth-order valence-corrected chi connectivity index (χ4v) is 3.81. The molecule has 1 aromatic rings. The number of amides is 1. The summed E-state index contributed by atoms with van der Waals surface area (Å²) in [6.07, 6.45) is 7.07. The lowest BCUT2D eigenvalue weighted by Gasteiger charge is -2.35. The molecule has 2 fully saturated rings. The lowest BCUT2D eigenvalue weighted by atomic mass is 10.0. The van der Waals surface area contributed by atoms with Crippen LogP contribution < -0.4 is 0 Å². The average Bonchev–Trinajstić information content (AvgIpc) is 3.22. The van der Waals surface area contributed by atoms with Crippen molar-refractivity contribution in [3.63, 3.8) is 0 Å². The molecule has 1 heterocycles. The van der Waals surface area contributed by atoms with Gasteiger partial charge in [-0.3, -0.25) is 9.69 Å². The molecule has 1 aliphatic heterocycles. The van der Waals surface area contributed by atoms with E-state index in [0.29, 0.717) is 18.9 Å². The second-order valence-corrected chi connectivity index (χ2v) is 7.55. The van der Waals surface area contributed by atoms with Crippen LogP contribution in [0.3, 0.4) is 0 Å². The van der Waals surface area contributed by atoms with Crippen molar-refractivity contribution in [3.8, 4) is 0 Å². The smallest absolute Gasteiger partial charge is 0.414 e. The number of piperazine rings is 1. The van der Waals surface area contributed by atoms with Crippen LogP contribution in [0.25, 0.3) is 0 Å². The number of carboxylic acid groups (broad SMARTS) is 2. The molecule has 0 atom stereocenters. The molecule has 1 saturated carbocycles. The summed E-state index contributed by atoms with van der Waals surface area (Å²) >= 11 is 0. The molecule has 3 rings (SSSR count). The van der Waals surface area contributed by atoms with E-state index in [1.165, 1.54) is 31.7 Å². The van der Waals surface area contributed by atoms with Crippen molar-refractivity contribution in [3.05, 3.63) is 35.6 Å². The summed E-state index contributed by atoms with van der Waals surface area (Å²) in [6, 6.07) is 6.95. The van der Waals surface area contributed by atoms with Gasteiger partial charge in [0.2, 0.25) is 5.91 Å². The van der Waals surface area contributed by atoms with Crippen LogP contribution in [0.2, 0.25) is 0 Å². The Morgan fingerprint density at radius 1 is 0.966 bits per heavy atom. The van der Waals surface area contributed by atoms with Crippen LogP contribution in [0.4, 0.5) is 4.39 Å². The molecule has 1 aromatic carbocycles. The number of carboxylic acids is 2. The lowest BCUT2D eigenvalue weighted by molar-refractivity contribution is -0.159. The number of benzene rings is 1. The van der Waals surface area contributed by atoms with Crippen LogP contribution in [-0.2, 0) is 20.9 Å². The predicted molar refractivity (Wildman–Crippen MR) is 105 cm³/mol. The largest absolute Gasteiger partial charge is 0.473 e. The van der Waals surface area contributed by atoms with Crippen molar-refractivity contribution in [2.45, 2.75) is 45.1 Å². The highest BCUT2D eigenvalue weighted by Crippen LogP contribution is 2.28. The van der Waals surface area contributed by atoms with Crippen molar-refractivity contribution in [1.82, 2.24) is 9.80 Å². The number of rotatable bonds is 5. The quantitative estimate of drug-likeness (QED) is 0.727. The van der Waals surface area contributed by atoms with Crippen molar-refractivity contribution >= 4 is 17.8 Å². The molecule has 160 valence electrons. The van der Waals surface area contributed by atoms with Crippen molar-refractivity contribution in [1.29, 1.82) is 0 Å². The van der Waals surface area contributed by atoms with Gasteiger partial charge in [0.05, 0.1) is 0 Å². The Labute approximate surface area is 170 Å². The molecule has 1 saturated heterocycles. The van der Waals surface area contributed by atoms with Crippen LogP contribution in [-0.4, -0.2) is 64.0 Å². The van der Waals surface area contributed by atoms with Gasteiger partial charge in [-0.05, 0) is 18.4 Å². The zero-order valence-electron chi connectivity index (χ0n) is 16.6. The van der Waals surface area contributed by atoms with Gasteiger partial charge < -0.3 is 15.1 Å². The van der Waals surface area contributed by atoms with E-state index < -0.39 is 11.9 Å². The molecule has 7 nitrogen and oxygen atoms in total. The zero-order valence-corrected chi connectivity index (χ0v) is 16.6. The highest BCUT2D eigenvalue weighted by molar-refractivity contribution is 6.27. The summed E-state index contributed by atoms with van der Waals surface area (Å²) in [5, 5.41) is 14.8. The maximum absolute atomic E-state index is 13.7. The van der Waals surface area contributed by atoms with Gasteiger partial charge in [-0.25, -0.2) is 14.0 Å². The number of carbonyl (C=O) groups excluding carboxylic acids is 1. The fraction of sp³-hybridized carbons (Fsp3) is 0.571. The van der Waals surface area contributed by atoms with Crippen LogP contribution in [0.1, 0.15) is 44.1 Å². The van der Waals surface area contributed by atoms with Crippen molar-refractivity contribution < 1.29 is 29.0 Å². The average molecular weight is 408 g/mol. The monoisotopic (exact) mass is 408 g/mol. The summed E-state index contributed by atoms with van der Waals surface area (Å²) in [5.41, 5.74) is 0.744. The summed E-state index contributed by atoms with van der Waals surface area (Å²) in [7, 11) is 0. The standard InChI is InChI=1S/C19H27FN2O.C2H2O4/c20-18-8-4-3-7-17(18)15-21-11-13-22(14-12-21)19(23)10-9-16-5-1-2-6-16;3-1(4)2(5)6/h3-4,7-8,16H,1-2,5-6,9-15H2;(H,3,4)(H,5,6). The Morgan fingerprint density at radius 3 is 2.10 bits per heavy atom. The molecule has 2 N–H and O–H groups in total. The van der Waals surface area contributed by atoms with Crippen LogP contribution in [0.5, 0.6) is 0 Å². The van der Waals surface area contributed by atoms with E-state index >= 15 is 0 Å². The van der Waals surface area contributed by atoms with Crippen LogP contribution in [0, 0.1) is 11.7 Å². The Balaban J connectivity index is 0.000000438. The number of halogens is 1. The first kappa shape index (κ1) is 22.8. The molecule has 2 aliphatic rings. The molecule has 8 heteroatoms. The highest BCUT2D eigenvalue weighted by atomic mass is 19.1. The molecule has 0 unspecified atom stereocenters. The minimum atomic E-state index is -1.82. The normalized spacial score (nSPS) is 17.5. The minimum absolute atomic E-state index is 0.137. The Hall–Kier alpha value is -2.48. The summed E-state index contributed by atoms with van der Waals surface area (Å²) in [6.45, 7) is 3.86. The molecule has 29 heavy (non-hydrogen) atoms. The van der Waals surface area contributed by atoms with Crippen LogP contribution >= 0.6 is 0 Å². The molecule has 0 spiro atoms. The third kappa shape index (κ3) is 7.81. The minimum Gasteiger partial charge on any atom is -0.473 e. The number of nitrogens with zero attached hydrogens (tertiary/aromatic N) is 2. The summed E-state index contributed by atoms with van der Waals surface area (Å²) in [4.78, 5) is 34.7.